The van der Waals surface area contributed by atoms with Gasteiger partial charge in [-0.1, -0.05) is 24.4 Å². The van der Waals surface area contributed by atoms with Crippen molar-refractivity contribution < 1.29 is 0 Å². The molecule has 0 unspecified atom stereocenters. The molecular weight excluding hydrogens is 226 g/mol. The maximum atomic E-state index is 9.09. The Labute approximate surface area is 100 Å². The maximum Gasteiger partial charge on any atom is 0.0995 e. The second-order valence-electron chi connectivity index (χ2n) is 3.98. The molecule has 1 aliphatic rings. The molecule has 0 aliphatic heterocycles. The SMILES string of the molecule is N#Cc1cc(Cl)cc(S)c1C1CCCC1. The van der Waals surface area contributed by atoms with E-state index in [0.29, 0.717) is 16.5 Å². The lowest BCUT2D eigenvalue weighted by Gasteiger charge is -2.14. The van der Waals surface area contributed by atoms with E-state index >= 15 is 0 Å². The molecule has 0 bridgehead atoms. The number of hydrogen-bond donors (Lipinski definition) is 1. The maximum absolute atomic E-state index is 9.09. The largest absolute Gasteiger partial charge is 0.192 e. The smallest absolute Gasteiger partial charge is 0.0995 e. The van der Waals surface area contributed by atoms with E-state index in [4.69, 9.17) is 16.9 Å². The zero-order valence-corrected chi connectivity index (χ0v) is 9.98. The Morgan fingerprint density at radius 1 is 1.33 bits per heavy atom. The second-order valence-corrected chi connectivity index (χ2v) is 4.90. The van der Waals surface area contributed by atoms with Gasteiger partial charge in [-0.15, -0.1) is 12.6 Å². The summed E-state index contributed by atoms with van der Waals surface area (Å²) in [6, 6.07) is 5.80. The molecule has 0 atom stereocenters. The van der Waals surface area contributed by atoms with E-state index in [2.05, 4.69) is 18.7 Å². The van der Waals surface area contributed by atoms with E-state index in [1.54, 1.807) is 6.07 Å². The Morgan fingerprint density at radius 3 is 2.60 bits per heavy atom. The average Bonchev–Trinajstić information content (AvgIpc) is 2.69. The fourth-order valence-electron chi connectivity index (χ4n) is 2.34. The molecule has 1 aliphatic carbocycles. The molecule has 15 heavy (non-hydrogen) atoms. The van der Waals surface area contributed by atoms with Crippen molar-refractivity contribution in [2.24, 2.45) is 0 Å². The monoisotopic (exact) mass is 237 g/mol. The highest BCUT2D eigenvalue weighted by molar-refractivity contribution is 7.80. The lowest BCUT2D eigenvalue weighted by Crippen LogP contribution is -1.98. The van der Waals surface area contributed by atoms with Gasteiger partial charge in [0, 0.05) is 9.92 Å². The Morgan fingerprint density at radius 2 is 2.00 bits per heavy atom. The van der Waals surface area contributed by atoms with Gasteiger partial charge in [-0.3, -0.25) is 0 Å². The van der Waals surface area contributed by atoms with Crippen molar-refractivity contribution in [3.05, 3.63) is 28.3 Å². The number of rotatable bonds is 1. The average molecular weight is 238 g/mol. The van der Waals surface area contributed by atoms with Gasteiger partial charge in [-0.25, -0.2) is 0 Å². The van der Waals surface area contributed by atoms with Gasteiger partial charge in [0.2, 0.25) is 0 Å². The third-order valence-corrected chi connectivity index (χ3v) is 3.60. The number of nitriles is 1. The van der Waals surface area contributed by atoms with Crippen LogP contribution < -0.4 is 0 Å². The standard InChI is InChI=1S/C12H12ClNS/c13-10-5-9(7-14)12(11(15)6-10)8-3-1-2-4-8/h5-6,8,15H,1-4H2. The van der Waals surface area contributed by atoms with Gasteiger partial charge in [0.1, 0.15) is 0 Å². The third kappa shape index (κ3) is 2.14. The normalized spacial score (nSPS) is 16.6. The molecule has 0 N–H and O–H groups in total. The molecular formula is C12H12ClNS. The molecule has 0 saturated heterocycles. The van der Waals surface area contributed by atoms with Crippen LogP contribution in [-0.2, 0) is 0 Å². The van der Waals surface area contributed by atoms with E-state index in [0.717, 1.165) is 10.5 Å². The van der Waals surface area contributed by atoms with Gasteiger partial charge < -0.3 is 0 Å². The van der Waals surface area contributed by atoms with Crippen molar-refractivity contribution in [3.63, 3.8) is 0 Å². The van der Waals surface area contributed by atoms with Crippen molar-refractivity contribution in [2.45, 2.75) is 36.5 Å². The van der Waals surface area contributed by atoms with Crippen molar-refractivity contribution in [2.75, 3.05) is 0 Å². The zero-order valence-electron chi connectivity index (χ0n) is 8.33. The van der Waals surface area contributed by atoms with Crippen LogP contribution in [0.4, 0.5) is 0 Å². The molecule has 78 valence electrons. The Kier molecular flexibility index (Phi) is 3.23. The lowest BCUT2D eigenvalue weighted by atomic mass is 9.93. The second kappa shape index (κ2) is 4.47. The van der Waals surface area contributed by atoms with Gasteiger partial charge in [0.15, 0.2) is 0 Å². The highest BCUT2D eigenvalue weighted by atomic mass is 35.5. The first-order valence-corrected chi connectivity index (χ1v) is 5.97. The molecule has 1 fully saturated rings. The van der Waals surface area contributed by atoms with Crippen LogP contribution in [0.1, 0.15) is 42.7 Å². The summed E-state index contributed by atoms with van der Waals surface area (Å²) in [5.41, 5.74) is 1.79. The van der Waals surface area contributed by atoms with Crippen LogP contribution in [0.15, 0.2) is 17.0 Å². The molecule has 0 aromatic heterocycles. The Balaban J connectivity index is 2.49. The minimum atomic E-state index is 0.504. The molecule has 1 aromatic carbocycles. The highest BCUT2D eigenvalue weighted by Gasteiger charge is 2.22. The van der Waals surface area contributed by atoms with Crippen LogP contribution in [0.25, 0.3) is 0 Å². The van der Waals surface area contributed by atoms with Crippen LogP contribution in [0, 0.1) is 11.3 Å². The lowest BCUT2D eigenvalue weighted by molar-refractivity contribution is 0.707. The summed E-state index contributed by atoms with van der Waals surface area (Å²) in [5.74, 6) is 0.504. The summed E-state index contributed by atoms with van der Waals surface area (Å²) in [4.78, 5) is 0.867. The van der Waals surface area contributed by atoms with Crippen molar-refractivity contribution in [3.8, 4) is 6.07 Å². The first-order valence-electron chi connectivity index (χ1n) is 5.15. The minimum Gasteiger partial charge on any atom is -0.192 e. The highest BCUT2D eigenvalue weighted by Crippen LogP contribution is 2.39. The molecule has 0 radical (unpaired) electrons. The van der Waals surface area contributed by atoms with Crippen LogP contribution in [-0.4, -0.2) is 0 Å². The van der Waals surface area contributed by atoms with Crippen LogP contribution >= 0.6 is 24.2 Å². The van der Waals surface area contributed by atoms with Gasteiger partial charge in [-0.05, 0) is 36.5 Å². The first-order chi connectivity index (χ1) is 7.22. The zero-order chi connectivity index (χ0) is 10.8. The summed E-state index contributed by atoms with van der Waals surface area (Å²) >= 11 is 10.3. The first kappa shape index (κ1) is 10.9. The minimum absolute atomic E-state index is 0.504. The Bertz CT molecular complexity index is 416. The molecule has 0 amide bonds. The number of nitrogens with zero attached hydrogens (tertiary/aromatic N) is 1. The summed E-state index contributed by atoms with van der Waals surface area (Å²) in [5, 5.41) is 9.68. The molecule has 3 heteroatoms. The van der Waals surface area contributed by atoms with Crippen molar-refractivity contribution in [1.82, 2.24) is 0 Å². The quantitative estimate of drug-likeness (QED) is 0.729. The van der Waals surface area contributed by atoms with E-state index in [1.165, 1.54) is 25.7 Å². The van der Waals surface area contributed by atoms with Gasteiger partial charge in [0.25, 0.3) is 0 Å². The molecule has 1 saturated carbocycles. The molecule has 0 spiro atoms. The van der Waals surface area contributed by atoms with Gasteiger partial charge in [0.05, 0.1) is 11.6 Å². The summed E-state index contributed by atoms with van der Waals surface area (Å²) in [7, 11) is 0. The number of hydrogen-bond acceptors (Lipinski definition) is 2. The van der Waals surface area contributed by atoms with Crippen LogP contribution in [0.2, 0.25) is 5.02 Å². The summed E-state index contributed by atoms with van der Waals surface area (Å²) < 4.78 is 0. The number of halogens is 1. The van der Waals surface area contributed by atoms with Crippen molar-refractivity contribution in [1.29, 1.82) is 5.26 Å². The fourth-order valence-corrected chi connectivity index (χ4v) is 3.08. The van der Waals surface area contributed by atoms with E-state index in [-0.39, 0.29) is 0 Å². The van der Waals surface area contributed by atoms with E-state index in [9.17, 15) is 0 Å². The van der Waals surface area contributed by atoms with E-state index < -0.39 is 0 Å². The van der Waals surface area contributed by atoms with E-state index in [1.807, 2.05) is 6.07 Å². The van der Waals surface area contributed by atoms with Gasteiger partial charge >= 0.3 is 0 Å². The third-order valence-electron chi connectivity index (χ3n) is 3.01. The molecule has 2 rings (SSSR count). The predicted octanol–water partition coefficient (Wildman–Crippen LogP) is 4.16. The molecule has 0 heterocycles. The number of thiol groups is 1. The molecule has 1 aromatic rings. The van der Waals surface area contributed by atoms with Crippen LogP contribution in [0.3, 0.4) is 0 Å². The summed E-state index contributed by atoms with van der Waals surface area (Å²) in [6.07, 6.45) is 4.85. The number of benzene rings is 1. The molecule has 1 nitrogen and oxygen atoms in total. The van der Waals surface area contributed by atoms with Crippen molar-refractivity contribution >= 4 is 24.2 Å². The van der Waals surface area contributed by atoms with Gasteiger partial charge in [-0.2, -0.15) is 5.26 Å². The Hall–Kier alpha value is -0.650. The fraction of sp³-hybridized carbons (Fsp3) is 0.417. The van der Waals surface area contributed by atoms with Crippen LogP contribution in [0.5, 0.6) is 0 Å². The topological polar surface area (TPSA) is 23.8 Å². The predicted molar refractivity (Wildman–Crippen MR) is 64.6 cm³/mol. The summed E-state index contributed by atoms with van der Waals surface area (Å²) in [6.45, 7) is 0.